The zero-order valence-corrected chi connectivity index (χ0v) is 42.4. The van der Waals surface area contributed by atoms with Crippen LogP contribution in [-0.4, -0.2) is 0 Å². The maximum absolute atomic E-state index is 7.48. The van der Waals surface area contributed by atoms with Crippen molar-refractivity contribution >= 4 is 38.6 Å². The lowest BCUT2D eigenvalue weighted by Gasteiger charge is -2.31. The van der Waals surface area contributed by atoms with Crippen molar-refractivity contribution in [2.24, 2.45) is 0 Å². The van der Waals surface area contributed by atoms with Crippen molar-refractivity contribution in [2.75, 3.05) is 4.90 Å². The molecule has 0 radical (unpaired) electrons. The summed E-state index contributed by atoms with van der Waals surface area (Å²) in [6.45, 7) is 4.74. The van der Waals surface area contributed by atoms with E-state index in [1.54, 1.807) is 0 Å². The molecule has 2 nitrogen and oxygen atoms in total. The van der Waals surface area contributed by atoms with E-state index in [1.165, 1.54) is 100.0 Å². The van der Waals surface area contributed by atoms with Crippen LogP contribution in [0.3, 0.4) is 0 Å². The Hall–Kier alpha value is -9.24. The lowest BCUT2D eigenvalue weighted by molar-refractivity contribution is 0.484. The Morgan fingerprint density at radius 1 is 0.303 bits per heavy atom. The minimum absolute atomic E-state index is 0.119. The van der Waals surface area contributed by atoms with E-state index < -0.39 is 5.41 Å². The minimum atomic E-state index is -0.428. The molecule has 16 rings (SSSR count). The SMILES string of the molecule is CC1(C)c2ccccc2-c2cc(N(c3ccc4c(c3)Cc3ccc5ccccc5c3Oc3c(ccc5ccccc35)Cc3ccccc3-4)c3ccc4c(c3)-c3ccccc3C43c4ccccc4-c4ccccc43)ccc21. The molecule has 1 aliphatic heterocycles. The van der Waals surface area contributed by atoms with Gasteiger partial charge in [-0.1, -0.05) is 226 Å². The van der Waals surface area contributed by atoms with Crippen molar-refractivity contribution in [1.82, 2.24) is 0 Å². The molecule has 1 spiro atoms. The number of rotatable bonds is 3. The molecule has 4 aliphatic rings. The van der Waals surface area contributed by atoms with Crippen molar-refractivity contribution in [3.8, 4) is 56.0 Å². The molecule has 2 heteroatoms. The van der Waals surface area contributed by atoms with E-state index in [1.807, 2.05) is 0 Å². The van der Waals surface area contributed by atoms with Crippen LogP contribution < -0.4 is 9.64 Å². The van der Waals surface area contributed by atoms with Crippen molar-refractivity contribution in [3.05, 3.63) is 304 Å². The van der Waals surface area contributed by atoms with Crippen LogP contribution in [0.2, 0.25) is 0 Å². The first-order valence-electron chi connectivity index (χ1n) is 26.8. The number of fused-ring (bicyclic) bond motifs is 22. The van der Waals surface area contributed by atoms with Crippen LogP contribution >= 0.6 is 0 Å². The molecule has 0 amide bonds. The van der Waals surface area contributed by atoms with Gasteiger partial charge in [-0.3, -0.25) is 0 Å². The summed E-state index contributed by atoms with van der Waals surface area (Å²) in [6, 6.07) is 93.5. The van der Waals surface area contributed by atoms with Crippen LogP contribution in [0.4, 0.5) is 17.1 Å². The molecule has 3 aliphatic carbocycles. The number of hydrogen-bond acceptors (Lipinski definition) is 2. The van der Waals surface area contributed by atoms with Gasteiger partial charge >= 0.3 is 0 Å². The lowest BCUT2D eigenvalue weighted by atomic mass is 9.70. The van der Waals surface area contributed by atoms with E-state index >= 15 is 0 Å². The van der Waals surface area contributed by atoms with E-state index in [0.29, 0.717) is 6.42 Å². The highest BCUT2D eigenvalue weighted by molar-refractivity contribution is 5.98. The van der Waals surface area contributed by atoms with Gasteiger partial charge in [0.05, 0.1) is 5.41 Å². The van der Waals surface area contributed by atoms with Crippen LogP contribution in [0.5, 0.6) is 11.5 Å². The fourth-order valence-electron chi connectivity index (χ4n) is 14.2. The lowest BCUT2D eigenvalue weighted by Crippen LogP contribution is -2.25. The highest BCUT2D eigenvalue weighted by atomic mass is 16.5. The Morgan fingerprint density at radius 3 is 1.30 bits per heavy atom. The third-order valence-electron chi connectivity index (χ3n) is 17.6. The summed E-state index contributed by atoms with van der Waals surface area (Å²) in [7, 11) is 0. The van der Waals surface area contributed by atoms with Gasteiger partial charge in [-0.15, -0.1) is 0 Å². The molecule has 0 aromatic heterocycles. The van der Waals surface area contributed by atoms with Crippen molar-refractivity contribution in [2.45, 2.75) is 37.5 Å². The first kappa shape index (κ1) is 43.2. The van der Waals surface area contributed by atoms with E-state index in [0.717, 1.165) is 56.7 Å². The maximum atomic E-state index is 7.48. The summed E-state index contributed by atoms with van der Waals surface area (Å²) in [5, 5.41) is 4.56. The van der Waals surface area contributed by atoms with Crippen molar-refractivity contribution in [3.63, 3.8) is 0 Å². The largest absolute Gasteiger partial charge is 0.455 e. The summed E-state index contributed by atoms with van der Waals surface area (Å²) >= 11 is 0. The maximum Gasteiger partial charge on any atom is 0.138 e. The third-order valence-corrected chi connectivity index (χ3v) is 17.6. The van der Waals surface area contributed by atoms with Gasteiger partial charge < -0.3 is 9.64 Å². The van der Waals surface area contributed by atoms with Crippen LogP contribution in [0.25, 0.3) is 66.1 Å². The van der Waals surface area contributed by atoms with E-state index in [4.69, 9.17) is 4.74 Å². The third kappa shape index (κ3) is 6.04. The normalized spacial score (nSPS) is 14.4. The molecule has 1 heterocycles. The van der Waals surface area contributed by atoms with Gasteiger partial charge in [-0.2, -0.15) is 0 Å². The zero-order chi connectivity index (χ0) is 50.3. The van der Waals surface area contributed by atoms with Crippen molar-refractivity contribution < 1.29 is 4.74 Å². The summed E-state index contributed by atoms with van der Waals surface area (Å²) < 4.78 is 7.48. The molecule has 12 aromatic carbocycles. The summed E-state index contributed by atoms with van der Waals surface area (Å²) in [5.41, 5.74) is 26.0. The fraction of sp³-hybridized carbons (Fsp3) is 0.0811. The monoisotopic (exact) mass is 969 g/mol. The zero-order valence-electron chi connectivity index (χ0n) is 42.4. The quantitative estimate of drug-likeness (QED) is 0.175. The fourth-order valence-corrected chi connectivity index (χ4v) is 14.2. The Morgan fingerprint density at radius 2 is 0.697 bits per heavy atom. The molecule has 12 aromatic rings. The van der Waals surface area contributed by atoms with Crippen LogP contribution in [0.15, 0.2) is 249 Å². The Balaban J connectivity index is 0.938. The number of hydrogen-bond donors (Lipinski definition) is 0. The van der Waals surface area contributed by atoms with Crippen LogP contribution in [-0.2, 0) is 23.7 Å². The van der Waals surface area contributed by atoms with Gasteiger partial charge in [0.1, 0.15) is 11.5 Å². The second kappa shape index (κ2) is 16.1. The Kier molecular flexibility index (Phi) is 9.17. The summed E-state index contributed by atoms with van der Waals surface area (Å²) in [6.07, 6.45) is 1.39. The second-order valence-corrected chi connectivity index (χ2v) is 21.9. The van der Waals surface area contributed by atoms with Crippen LogP contribution in [0, 0.1) is 0 Å². The predicted molar refractivity (Wildman–Crippen MR) is 314 cm³/mol. The minimum Gasteiger partial charge on any atom is -0.455 e. The van der Waals surface area contributed by atoms with Gasteiger partial charge in [0.25, 0.3) is 0 Å². The highest BCUT2D eigenvalue weighted by Crippen LogP contribution is 2.63. The molecule has 0 fully saturated rings. The first-order valence-corrected chi connectivity index (χ1v) is 26.8. The molecule has 0 unspecified atom stereocenters. The second-order valence-electron chi connectivity index (χ2n) is 21.9. The molecule has 0 bridgehead atoms. The van der Waals surface area contributed by atoms with E-state index in [9.17, 15) is 0 Å². The average Bonchev–Trinajstić information content (AvgIpc) is 4.24. The average molecular weight is 970 g/mol. The van der Waals surface area contributed by atoms with Gasteiger partial charge in [0, 0.05) is 46.1 Å². The van der Waals surface area contributed by atoms with E-state index in [2.05, 4.69) is 267 Å². The van der Waals surface area contributed by atoms with Gasteiger partial charge in [0.15, 0.2) is 0 Å². The van der Waals surface area contributed by atoms with Crippen LogP contribution in [0.1, 0.15) is 69.5 Å². The number of anilines is 3. The first-order chi connectivity index (χ1) is 37.4. The van der Waals surface area contributed by atoms with Gasteiger partial charge in [-0.25, -0.2) is 0 Å². The molecule has 0 saturated carbocycles. The molecule has 358 valence electrons. The number of benzene rings is 12. The number of ether oxygens (including phenoxy) is 1. The van der Waals surface area contributed by atoms with Crippen molar-refractivity contribution in [1.29, 1.82) is 0 Å². The molecule has 76 heavy (non-hydrogen) atoms. The standard InChI is InChI=1S/C74H51NO/c1-73(2)65-27-13-9-25-61(65)63-44-53(36-39-66(63)73)75(54-37-40-70-64(45-54)62-26-12-16-30-69(62)74(70)67-28-14-10-23-59(67)60-24-11-15-29-68(60)74)52-35-38-56-51(43-52)42-50-34-32-47-18-4-8-22-58(47)72(50)76-71-49(41-48-19-5-6-20-55(48)56)33-31-46-17-3-7-21-57(46)71/h3-40,43-45H,41-42H2,1-2H3. The predicted octanol–water partition coefficient (Wildman–Crippen LogP) is 19.1. The molecular weight excluding hydrogens is 919 g/mol. The Labute approximate surface area is 443 Å². The summed E-state index contributed by atoms with van der Waals surface area (Å²) in [4.78, 5) is 2.52. The molecule has 0 N–H and O–H groups in total. The molecule has 0 atom stereocenters. The smallest absolute Gasteiger partial charge is 0.138 e. The van der Waals surface area contributed by atoms with Gasteiger partial charge in [-0.05, 0) is 147 Å². The molecular formula is C74H51NO. The van der Waals surface area contributed by atoms with Gasteiger partial charge in [0.2, 0.25) is 0 Å². The number of nitrogens with zero attached hydrogens (tertiary/aromatic N) is 1. The summed E-state index contributed by atoms with van der Waals surface area (Å²) in [5.74, 6) is 1.84. The highest BCUT2D eigenvalue weighted by Gasteiger charge is 2.51. The topological polar surface area (TPSA) is 12.5 Å². The Bertz CT molecular complexity index is 4390. The molecule has 0 saturated heterocycles. The van der Waals surface area contributed by atoms with E-state index in [-0.39, 0.29) is 5.41 Å².